The molecule has 1 atom stereocenters. The summed E-state index contributed by atoms with van der Waals surface area (Å²) in [5.74, 6) is 2.08. The number of thiol groups is 1. The first kappa shape index (κ1) is 47.2. The molecule has 0 N–H and O–H groups in total. The van der Waals surface area contributed by atoms with Crippen LogP contribution in [0.5, 0.6) is 23.0 Å². The van der Waals surface area contributed by atoms with Crippen molar-refractivity contribution in [2.24, 2.45) is 0 Å². The first-order valence-corrected chi connectivity index (χ1v) is 22.1. The van der Waals surface area contributed by atoms with Crippen LogP contribution in [-0.2, 0) is 32.5 Å². The average Bonchev–Trinajstić information content (AvgIpc) is 3.03. The van der Waals surface area contributed by atoms with Gasteiger partial charge in [0.15, 0.2) is 0 Å². The van der Waals surface area contributed by atoms with E-state index in [1.807, 2.05) is 30.3 Å². The summed E-state index contributed by atoms with van der Waals surface area (Å²) in [5.41, 5.74) is 6.93. The van der Waals surface area contributed by atoms with Gasteiger partial charge in [-0.15, -0.1) is 12.6 Å². The molecule has 4 aromatic rings. The molecule has 4 aromatic carbocycles. The van der Waals surface area contributed by atoms with Crippen molar-refractivity contribution in [3.8, 4) is 23.0 Å². The first-order chi connectivity index (χ1) is 26.2. The number of aryl methyl sites for hydroxylation is 2. The van der Waals surface area contributed by atoms with E-state index in [0.29, 0.717) is 33.5 Å². The lowest BCUT2D eigenvalue weighted by atomic mass is 9.78. The van der Waals surface area contributed by atoms with Crippen LogP contribution < -0.4 is 18.3 Å². The van der Waals surface area contributed by atoms with Crippen molar-refractivity contribution in [1.29, 1.82) is 0 Å². The van der Waals surface area contributed by atoms with Crippen molar-refractivity contribution < 1.29 is 23.1 Å². The minimum absolute atomic E-state index is 0.0512. The molecule has 0 saturated heterocycles. The highest BCUT2D eigenvalue weighted by Crippen LogP contribution is 2.53. The Morgan fingerprint density at radius 1 is 0.466 bits per heavy atom. The Morgan fingerprint density at radius 3 is 1.38 bits per heavy atom. The Hall–Kier alpha value is -3.47. The van der Waals surface area contributed by atoms with E-state index in [2.05, 4.69) is 169 Å². The molecule has 316 valence electrons. The van der Waals surface area contributed by atoms with Gasteiger partial charge >= 0.3 is 14.6 Å². The smallest absolute Gasteiger partial charge is 0.423 e. The second kappa shape index (κ2) is 16.5. The van der Waals surface area contributed by atoms with E-state index in [4.69, 9.17) is 30.9 Å². The van der Waals surface area contributed by atoms with E-state index in [1.54, 1.807) is 0 Å². The molecular formula is C51H71O5PS. The highest BCUT2D eigenvalue weighted by atomic mass is 32.1. The van der Waals surface area contributed by atoms with Crippen molar-refractivity contribution in [2.45, 2.75) is 176 Å². The summed E-state index contributed by atoms with van der Waals surface area (Å²) in [4.78, 5) is 15.1. The van der Waals surface area contributed by atoms with E-state index in [0.717, 1.165) is 38.9 Å². The van der Waals surface area contributed by atoms with Crippen LogP contribution in [0.3, 0.4) is 0 Å². The molecule has 0 aliphatic carbocycles. The van der Waals surface area contributed by atoms with Crippen LogP contribution in [0, 0.1) is 13.8 Å². The van der Waals surface area contributed by atoms with Gasteiger partial charge in [-0.1, -0.05) is 161 Å². The van der Waals surface area contributed by atoms with Gasteiger partial charge in [-0.3, -0.25) is 0 Å². The Kier molecular flexibility index (Phi) is 13.5. The number of hydrogen-bond donors (Lipinski definition) is 1. The van der Waals surface area contributed by atoms with Crippen molar-refractivity contribution in [3.05, 3.63) is 111 Å². The van der Waals surface area contributed by atoms with Gasteiger partial charge in [0.25, 0.3) is 0 Å². The fourth-order valence-electron chi connectivity index (χ4n) is 6.79. The SMILES string of the molecule is Cc1ccc(OP(Oc2c(S)cc(C)cc2C(C)(C)C)Oc2c(C(C)(C)C)cc(C(=O)Oc3ccc(C(C)(C)C)cc3C(C)(C)C)cc2C(C)(C)C)c(C(C)(C)C)c1. The molecule has 0 aromatic heterocycles. The Balaban J connectivity index is 1.96. The number of rotatable bonds is 8. The van der Waals surface area contributed by atoms with Gasteiger partial charge < -0.3 is 18.3 Å². The van der Waals surface area contributed by atoms with Crippen LogP contribution >= 0.6 is 21.2 Å². The van der Waals surface area contributed by atoms with Crippen LogP contribution in [0.2, 0.25) is 0 Å². The lowest BCUT2D eigenvalue weighted by Crippen LogP contribution is -2.23. The maximum Gasteiger partial charge on any atom is 0.530 e. The zero-order valence-corrected chi connectivity index (χ0v) is 41.0. The molecule has 1 unspecified atom stereocenters. The third-order valence-electron chi connectivity index (χ3n) is 10.3. The fourth-order valence-corrected chi connectivity index (χ4v) is 8.36. The number of benzene rings is 4. The maximum absolute atomic E-state index is 14.4. The van der Waals surface area contributed by atoms with Gasteiger partial charge in [-0.25, -0.2) is 4.79 Å². The monoisotopic (exact) mass is 826 g/mol. The Labute approximate surface area is 358 Å². The van der Waals surface area contributed by atoms with Crippen molar-refractivity contribution >= 4 is 27.2 Å². The molecule has 4 rings (SSSR count). The van der Waals surface area contributed by atoms with Crippen molar-refractivity contribution in [2.75, 3.05) is 0 Å². The van der Waals surface area contributed by atoms with Crippen molar-refractivity contribution in [1.82, 2.24) is 0 Å². The predicted molar refractivity (Wildman–Crippen MR) is 248 cm³/mol. The number of carbonyl (C=O) groups excluding carboxylic acids is 1. The molecule has 0 radical (unpaired) electrons. The van der Waals surface area contributed by atoms with Crippen LogP contribution in [0.1, 0.15) is 179 Å². The second-order valence-corrected chi connectivity index (χ2v) is 23.6. The summed E-state index contributed by atoms with van der Waals surface area (Å²) < 4.78 is 27.5. The van der Waals surface area contributed by atoms with Gasteiger partial charge in [-0.05, 0) is 87.8 Å². The molecule has 0 aliphatic heterocycles. The predicted octanol–water partition coefficient (Wildman–Crippen LogP) is 15.4. The molecule has 0 amide bonds. The van der Waals surface area contributed by atoms with Crippen molar-refractivity contribution in [3.63, 3.8) is 0 Å². The van der Waals surface area contributed by atoms with Crippen LogP contribution in [-0.4, -0.2) is 5.97 Å². The third-order valence-corrected chi connectivity index (χ3v) is 11.6. The van der Waals surface area contributed by atoms with Crippen LogP contribution in [0.4, 0.5) is 0 Å². The summed E-state index contributed by atoms with van der Waals surface area (Å²) >= 11 is 4.95. The van der Waals surface area contributed by atoms with Gasteiger partial charge in [0.2, 0.25) is 0 Å². The zero-order valence-electron chi connectivity index (χ0n) is 39.2. The molecule has 0 saturated carbocycles. The lowest BCUT2D eigenvalue weighted by molar-refractivity contribution is 0.0731. The fraction of sp³-hybridized carbons (Fsp3) is 0.510. The van der Waals surface area contributed by atoms with Gasteiger partial charge in [0.1, 0.15) is 23.0 Å². The Bertz CT molecular complexity index is 2110. The largest absolute Gasteiger partial charge is 0.530 e. The highest BCUT2D eigenvalue weighted by molar-refractivity contribution is 7.80. The van der Waals surface area contributed by atoms with Gasteiger partial charge in [-0.2, -0.15) is 0 Å². The van der Waals surface area contributed by atoms with E-state index >= 15 is 0 Å². The molecule has 58 heavy (non-hydrogen) atoms. The first-order valence-electron chi connectivity index (χ1n) is 20.5. The number of ether oxygens (including phenoxy) is 1. The summed E-state index contributed by atoms with van der Waals surface area (Å²) in [6.07, 6.45) is 0. The van der Waals surface area contributed by atoms with Gasteiger partial charge in [0, 0.05) is 32.7 Å². The summed E-state index contributed by atoms with van der Waals surface area (Å²) in [6.45, 7) is 43.0. The van der Waals surface area contributed by atoms with Crippen LogP contribution in [0.15, 0.2) is 65.6 Å². The van der Waals surface area contributed by atoms with Crippen LogP contribution in [0.25, 0.3) is 0 Å². The topological polar surface area (TPSA) is 54.0 Å². The molecule has 5 nitrogen and oxygen atoms in total. The standard InChI is InChI=1S/C51H71O5PS/c1-31-21-23-41(35(25-31)47(6,7)8)54-57(56-44-37(49(12,13)14)26-32(2)27-42(44)58)55-43-38(50(15,16)17)28-33(29-39(43)51(18,19)20)45(52)53-40-24-22-34(46(3,4)5)30-36(40)48(9,10)11/h21-30,58H,1-20H3. The van der Waals surface area contributed by atoms with E-state index < -0.39 is 25.4 Å². The second-order valence-electron chi connectivity index (χ2n) is 22.2. The summed E-state index contributed by atoms with van der Waals surface area (Å²) in [5, 5.41) is 0. The van der Waals surface area contributed by atoms with E-state index in [1.165, 1.54) is 5.56 Å². The molecule has 7 heteroatoms. The average molecular weight is 827 g/mol. The number of carbonyl (C=O) groups is 1. The number of hydrogen-bond acceptors (Lipinski definition) is 6. The number of esters is 1. The highest BCUT2D eigenvalue weighted by Gasteiger charge is 2.36. The summed E-state index contributed by atoms with van der Waals surface area (Å²) in [7, 11) is -2.14. The molecule has 0 fully saturated rings. The molecule has 0 aliphatic rings. The maximum atomic E-state index is 14.4. The van der Waals surface area contributed by atoms with Gasteiger partial charge in [0.05, 0.1) is 5.56 Å². The van der Waals surface area contributed by atoms with E-state index in [9.17, 15) is 4.79 Å². The third kappa shape index (κ3) is 11.4. The molecule has 0 bridgehead atoms. The lowest BCUT2D eigenvalue weighted by Gasteiger charge is -2.32. The molecule has 0 spiro atoms. The normalized spacial score (nSPS) is 13.6. The molecule has 0 heterocycles. The molecular weight excluding hydrogens is 756 g/mol. The minimum atomic E-state index is -2.14. The summed E-state index contributed by atoms with van der Waals surface area (Å²) in [6, 6.07) is 20.4. The zero-order chi connectivity index (χ0) is 44.1. The Morgan fingerprint density at radius 2 is 0.897 bits per heavy atom. The van der Waals surface area contributed by atoms with E-state index in [-0.39, 0.29) is 21.7 Å². The quantitative estimate of drug-likeness (QED) is 0.0830. The minimum Gasteiger partial charge on any atom is -0.423 e.